The summed E-state index contributed by atoms with van der Waals surface area (Å²) in [6.45, 7) is 4.32. The number of rotatable bonds is 10. The first kappa shape index (κ1) is 31.1. The fraction of sp³-hybridized carbons (Fsp3) is 0.233. The third-order valence-corrected chi connectivity index (χ3v) is 8.07. The lowest BCUT2D eigenvalue weighted by atomic mass is 10.1. The molecule has 3 aromatic rings. The Balaban J connectivity index is 1.70. The maximum atomic E-state index is 13.7. The first-order chi connectivity index (χ1) is 19.7. The number of hydrogen-bond acceptors (Lipinski definition) is 6. The zero-order valence-corrected chi connectivity index (χ0v) is 27.1. The molecule has 1 aliphatic heterocycles. The summed E-state index contributed by atoms with van der Waals surface area (Å²) >= 11 is 20.2. The number of anilines is 1. The second-order valence-corrected chi connectivity index (χ2v) is 11.3. The van der Waals surface area contributed by atoms with Crippen LogP contribution in [0.1, 0.15) is 30.5 Å². The maximum Gasteiger partial charge on any atom is 0.325 e. The van der Waals surface area contributed by atoms with Crippen molar-refractivity contribution in [2.75, 3.05) is 25.2 Å². The van der Waals surface area contributed by atoms with Crippen molar-refractivity contribution >= 4 is 86.8 Å². The molecule has 1 saturated heterocycles. The standard InChI is InChI=1S/C30H27Cl2IN2O5S/c1-4-18-6-10-22(11-7-18)35-29(37)25(34(30(35)41)16-27(36)38-3)13-19-12-24(33)28(26(14-19)39-5-2)40-17-20-8-9-21(31)15-23(20)32/h6-15H,4-5,16-17H2,1-3H3/b25-13-. The fourth-order valence-electron chi connectivity index (χ4n) is 4.16. The lowest BCUT2D eigenvalue weighted by Crippen LogP contribution is -2.35. The molecule has 4 rings (SSSR count). The molecule has 0 N–H and O–H groups in total. The minimum absolute atomic E-state index is 0.190. The number of aryl methyl sites for hydroxylation is 1. The van der Waals surface area contributed by atoms with Gasteiger partial charge in [-0.2, -0.15) is 0 Å². The van der Waals surface area contributed by atoms with E-state index in [0.29, 0.717) is 39.4 Å². The lowest BCUT2D eigenvalue weighted by Gasteiger charge is -2.19. The molecule has 1 fully saturated rings. The van der Waals surface area contributed by atoms with Crippen LogP contribution in [0.5, 0.6) is 11.5 Å². The Hall–Kier alpha value is -2.86. The highest BCUT2D eigenvalue weighted by atomic mass is 127. The van der Waals surface area contributed by atoms with Crippen LogP contribution in [-0.2, 0) is 27.4 Å². The van der Waals surface area contributed by atoms with Crippen LogP contribution in [-0.4, -0.2) is 42.2 Å². The molecule has 1 aliphatic rings. The summed E-state index contributed by atoms with van der Waals surface area (Å²) < 4.78 is 17.7. The van der Waals surface area contributed by atoms with Gasteiger partial charge in [-0.05, 0) is 102 Å². The molecule has 0 bridgehead atoms. The molecular weight excluding hydrogens is 698 g/mol. The third kappa shape index (κ3) is 7.14. The quantitative estimate of drug-likeness (QED) is 0.0942. The van der Waals surface area contributed by atoms with E-state index in [9.17, 15) is 9.59 Å². The van der Waals surface area contributed by atoms with Crippen molar-refractivity contribution in [1.29, 1.82) is 0 Å². The molecule has 0 atom stereocenters. The van der Waals surface area contributed by atoms with Crippen LogP contribution in [0.25, 0.3) is 6.08 Å². The summed E-state index contributed by atoms with van der Waals surface area (Å²) in [6.07, 6.45) is 2.55. The summed E-state index contributed by atoms with van der Waals surface area (Å²) in [4.78, 5) is 28.9. The van der Waals surface area contributed by atoms with Gasteiger partial charge in [-0.15, -0.1) is 0 Å². The Morgan fingerprint density at radius 3 is 2.41 bits per heavy atom. The number of halogens is 3. The normalized spacial score (nSPS) is 14.1. The van der Waals surface area contributed by atoms with Gasteiger partial charge in [0.2, 0.25) is 0 Å². The van der Waals surface area contributed by atoms with E-state index < -0.39 is 5.97 Å². The molecule has 0 saturated carbocycles. The van der Waals surface area contributed by atoms with Crippen LogP contribution in [0.2, 0.25) is 10.0 Å². The third-order valence-electron chi connectivity index (χ3n) is 6.28. The van der Waals surface area contributed by atoms with Crippen LogP contribution in [0.3, 0.4) is 0 Å². The number of thiocarbonyl (C=S) groups is 1. The minimum atomic E-state index is -0.525. The summed E-state index contributed by atoms with van der Waals surface area (Å²) in [5.41, 5.74) is 3.42. The topological polar surface area (TPSA) is 68.3 Å². The van der Waals surface area contributed by atoms with E-state index >= 15 is 0 Å². The average Bonchev–Trinajstić information content (AvgIpc) is 3.17. The van der Waals surface area contributed by atoms with E-state index in [0.717, 1.165) is 21.1 Å². The molecule has 0 unspecified atom stereocenters. The summed E-state index contributed by atoms with van der Waals surface area (Å²) in [7, 11) is 1.29. The summed E-state index contributed by atoms with van der Waals surface area (Å²) in [5.74, 6) is 0.158. The van der Waals surface area contributed by atoms with Crippen molar-refractivity contribution in [3.8, 4) is 11.5 Å². The average molecular weight is 725 g/mol. The van der Waals surface area contributed by atoms with E-state index in [1.165, 1.54) is 16.9 Å². The summed E-state index contributed by atoms with van der Waals surface area (Å²) in [5, 5.41) is 1.23. The SMILES string of the molecule is CCOc1cc(/C=C2/C(=O)N(c3ccc(CC)cc3)C(=S)N2CC(=O)OC)cc(I)c1OCc1ccc(Cl)cc1Cl. The summed E-state index contributed by atoms with van der Waals surface area (Å²) in [6, 6.07) is 16.5. The van der Waals surface area contributed by atoms with E-state index in [1.807, 2.05) is 43.3 Å². The van der Waals surface area contributed by atoms with Gasteiger partial charge in [0.25, 0.3) is 5.91 Å². The van der Waals surface area contributed by atoms with Crippen molar-refractivity contribution in [1.82, 2.24) is 4.90 Å². The maximum absolute atomic E-state index is 13.7. The predicted molar refractivity (Wildman–Crippen MR) is 174 cm³/mol. The molecule has 1 amide bonds. The number of ether oxygens (including phenoxy) is 3. The van der Waals surface area contributed by atoms with Crippen molar-refractivity contribution in [3.63, 3.8) is 0 Å². The second kappa shape index (κ2) is 13.9. The van der Waals surface area contributed by atoms with Crippen LogP contribution >= 0.6 is 58.0 Å². The Morgan fingerprint density at radius 1 is 1.05 bits per heavy atom. The van der Waals surface area contributed by atoms with E-state index in [4.69, 9.17) is 49.6 Å². The number of methoxy groups -OCH3 is 1. The van der Waals surface area contributed by atoms with Crippen LogP contribution in [0, 0.1) is 3.57 Å². The van der Waals surface area contributed by atoms with Crippen LogP contribution in [0.15, 0.2) is 60.3 Å². The van der Waals surface area contributed by atoms with E-state index in [2.05, 4.69) is 29.5 Å². The van der Waals surface area contributed by atoms with Crippen molar-refractivity contribution in [3.05, 3.63) is 90.6 Å². The van der Waals surface area contributed by atoms with Gasteiger partial charge in [-0.25, -0.2) is 0 Å². The Bertz CT molecular complexity index is 1510. The predicted octanol–water partition coefficient (Wildman–Crippen LogP) is 7.29. The number of hydrogen-bond donors (Lipinski definition) is 0. The van der Waals surface area contributed by atoms with Gasteiger partial charge in [0.05, 0.1) is 23.0 Å². The number of esters is 1. The monoisotopic (exact) mass is 724 g/mol. The molecule has 0 spiro atoms. The molecule has 41 heavy (non-hydrogen) atoms. The molecule has 0 radical (unpaired) electrons. The smallest absolute Gasteiger partial charge is 0.325 e. The number of amides is 1. The van der Waals surface area contributed by atoms with Gasteiger partial charge in [0, 0.05) is 15.6 Å². The zero-order valence-electron chi connectivity index (χ0n) is 22.6. The van der Waals surface area contributed by atoms with Crippen molar-refractivity contribution < 1.29 is 23.8 Å². The minimum Gasteiger partial charge on any atom is -0.490 e. The molecule has 7 nitrogen and oxygen atoms in total. The largest absolute Gasteiger partial charge is 0.490 e. The first-order valence-corrected chi connectivity index (χ1v) is 15.0. The van der Waals surface area contributed by atoms with Gasteiger partial charge in [-0.1, -0.05) is 48.3 Å². The van der Waals surface area contributed by atoms with Gasteiger partial charge >= 0.3 is 5.97 Å². The molecule has 11 heteroatoms. The molecular formula is C30H27Cl2IN2O5S. The number of benzene rings is 3. The molecule has 0 aliphatic carbocycles. The first-order valence-electron chi connectivity index (χ1n) is 12.7. The molecule has 0 aromatic heterocycles. The highest BCUT2D eigenvalue weighted by Crippen LogP contribution is 2.37. The van der Waals surface area contributed by atoms with Gasteiger partial charge in [0.15, 0.2) is 16.6 Å². The Kier molecular flexibility index (Phi) is 10.5. The number of carbonyl (C=O) groups excluding carboxylic acids is 2. The van der Waals surface area contributed by atoms with Crippen LogP contribution < -0.4 is 14.4 Å². The van der Waals surface area contributed by atoms with Crippen LogP contribution in [0.4, 0.5) is 5.69 Å². The molecule has 1 heterocycles. The van der Waals surface area contributed by atoms with Gasteiger partial charge in [0.1, 0.15) is 18.8 Å². The van der Waals surface area contributed by atoms with Gasteiger partial charge < -0.3 is 19.1 Å². The highest BCUT2D eigenvalue weighted by molar-refractivity contribution is 14.1. The number of nitrogens with zero attached hydrogens (tertiary/aromatic N) is 2. The second-order valence-electron chi connectivity index (χ2n) is 8.92. The van der Waals surface area contributed by atoms with E-state index in [-0.39, 0.29) is 29.9 Å². The molecule has 214 valence electrons. The Morgan fingerprint density at radius 2 is 1.78 bits per heavy atom. The zero-order chi connectivity index (χ0) is 29.7. The van der Waals surface area contributed by atoms with Crippen molar-refractivity contribution in [2.45, 2.75) is 26.9 Å². The lowest BCUT2D eigenvalue weighted by molar-refractivity contribution is -0.140. The molecule has 3 aromatic carbocycles. The Labute approximate surface area is 268 Å². The fourth-order valence-corrected chi connectivity index (χ4v) is 5.75. The van der Waals surface area contributed by atoms with E-state index in [1.54, 1.807) is 24.3 Å². The highest BCUT2D eigenvalue weighted by Gasteiger charge is 2.40. The van der Waals surface area contributed by atoms with Gasteiger partial charge in [-0.3, -0.25) is 14.5 Å². The number of carbonyl (C=O) groups is 2. The van der Waals surface area contributed by atoms with Crippen molar-refractivity contribution in [2.24, 2.45) is 0 Å².